The van der Waals surface area contributed by atoms with Crippen molar-refractivity contribution in [3.63, 3.8) is 0 Å². The van der Waals surface area contributed by atoms with E-state index in [0.717, 1.165) is 17.1 Å². The van der Waals surface area contributed by atoms with Crippen LogP contribution in [0, 0.1) is 5.92 Å². The Bertz CT molecular complexity index is 362. The first-order valence-corrected chi connectivity index (χ1v) is 7.84. The van der Waals surface area contributed by atoms with E-state index >= 15 is 0 Å². The van der Waals surface area contributed by atoms with Crippen molar-refractivity contribution in [1.29, 1.82) is 0 Å². The van der Waals surface area contributed by atoms with Crippen LogP contribution in [0.5, 0.6) is 0 Å². The first-order valence-electron chi connectivity index (χ1n) is 6.23. The van der Waals surface area contributed by atoms with Gasteiger partial charge >= 0.3 is 5.97 Å². The molecule has 1 rings (SSSR count). The number of carboxylic acids is 1. The number of carbonyl (C=O) groups is 1. The topological polar surface area (TPSA) is 83.9 Å². The summed E-state index contributed by atoms with van der Waals surface area (Å²) < 4.78 is 30.6. The molecular formula is C11H21NO5S. The number of hydrogen-bond donors (Lipinski definition) is 1. The van der Waals surface area contributed by atoms with E-state index in [0.29, 0.717) is 19.6 Å². The number of aliphatic carboxylic acids is 1. The van der Waals surface area contributed by atoms with E-state index in [1.54, 1.807) is 0 Å². The fraction of sp³-hybridized carbons (Fsp3) is 0.909. The van der Waals surface area contributed by atoms with Crippen LogP contribution in [0.15, 0.2) is 0 Å². The predicted molar refractivity (Wildman–Crippen MR) is 66.8 cm³/mol. The minimum atomic E-state index is -3.48. The van der Waals surface area contributed by atoms with E-state index < -0.39 is 22.5 Å². The Balaban J connectivity index is 2.64. The highest BCUT2D eigenvalue weighted by atomic mass is 32.2. The van der Waals surface area contributed by atoms with Crippen LogP contribution in [0.4, 0.5) is 0 Å². The Labute approximate surface area is 108 Å². The third-order valence-electron chi connectivity index (χ3n) is 2.97. The second kappa shape index (κ2) is 7.06. The fourth-order valence-corrected chi connectivity index (χ4v) is 3.94. The Hall–Kier alpha value is -0.660. The first-order chi connectivity index (χ1) is 8.45. The monoisotopic (exact) mass is 279 g/mol. The van der Waals surface area contributed by atoms with E-state index in [-0.39, 0.29) is 18.2 Å². The zero-order valence-electron chi connectivity index (χ0n) is 10.7. The highest BCUT2D eigenvalue weighted by Crippen LogP contribution is 2.18. The van der Waals surface area contributed by atoms with Crippen LogP contribution in [0.3, 0.4) is 0 Å². The van der Waals surface area contributed by atoms with Crippen molar-refractivity contribution < 1.29 is 23.1 Å². The van der Waals surface area contributed by atoms with Gasteiger partial charge in [-0.15, -0.1) is 0 Å². The van der Waals surface area contributed by atoms with Crippen LogP contribution in [0.1, 0.15) is 26.2 Å². The molecule has 7 heteroatoms. The van der Waals surface area contributed by atoms with E-state index in [4.69, 9.17) is 9.84 Å². The third-order valence-corrected chi connectivity index (χ3v) is 4.96. The lowest BCUT2D eigenvalue weighted by Gasteiger charge is -2.25. The summed E-state index contributed by atoms with van der Waals surface area (Å²) in [7, 11) is -3.48. The summed E-state index contributed by atoms with van der Waals surface area (Å²) in [5.41, 5.74) is 0. The molecule has 0 saturated carbocycles. The molecule has 0 bridgehead atoms. The van der Waals surface area contributed by atoms with E-state index in [2.05, 4.69) is 0 Å². The average Bonchev–Trinajstić information content (AvgIpc) is 2.28. The van der Waals surface area contributed by atoms with Gasteiger partial charge in [-0.3, -0.25) is 4.79 Å². The zero-order chi connectivity index (χ0) is 13.6. The van der Waals surface area contributed by atoms with Crippen molar-refractivity contribution in [2.24, 2.45) is 5.92 Å². The molecule has 106 valence electrons. The van der Waals surface area contributed by atoms with E-state index in [9.17, 15) is 13.2 Å². The molecule has 0 amide bonds. The van der Waals surface area contributed by atoms with Gasteiger partial charge in [0.15, 0.2) is 0 Å². The van der Waals surface area contributed by atoms with E-state index in [1.165, 1.54) is 0 Å². The molecule has 0 spiro atoms. The first kappa shape index (κ1) is 15.4. The predicted octanol–water partition coefficient (Wildman–Crippen LogP) is 0.539. The number of carboxylic acid groups (broad SMARTS) is 1. The molecule has 1 heterocycles. The zero-order valence-corrected chi connectivity index (χ0v) is 11.5. The van der Waals surface area contributed by atoms with Crippen molar-refractivity contribution in [2.75, 3.05) is 32.1 Å². The second-order valence-electron chi connectivity index (χ2n) is 4.56. The van der Waals surface area contributed by atoms with Crippen LogP contribution in [-0.4, -0.2) is 55.9 Å². The molecule has 1 aliphatic heterocycles. The highest BCUT2D eigenvalue weighted by molar-refractivity contribution is 7.89. The third kappa shape index (κ3) is 4.91. The molecule has 18 heavy (non-hydrogen) atoms. The number of hydrogen-bond acceptors (Lipinski definition) is 4. The van der Waals surface area contributed by atoms with Crippen molar-refractivity contribution >= 4 is 16.0 Å². The highest BCUT2D eigenvalue weighted by Gasteiger charge is 2.28. The van der Waals surface area contributed by atoms with Crippen molar-refractivity contribution in [2.45, 2.75) is 26.2 Å². The lowest BCUT2D eigenvalue weighted by Crippen LogP contribution is -2.40. The van der Waals surface area contributed by atoms with Gasteiger partial charge in [0, 0.05) is 19.8 Å². The maximum atomic E-state index is 12.1. The summed E-state index contributed by atoms with van der Waals surface area (Å²) in [4.78, 5) is 10.7. The van der Waals surface area contributed by atoms with Crippen molar-refractivity contribution in [1.82, 2.24) is 4.31 Å². The quantitative estimate of drug-likeness (QED) is 0.735. The van der Waals surface area contributed by atoms with E-state index in [1.807, 2.05) is 6.92 Å². The summed E-state index contributed by atoms with van der Waals surface area (Å²) in [6, 6.07) is 0. The van der Waals surface area contributed by atoms with Gasteiger partial charge in [-0.1, -0.05) is 6.92 Å². The Morgan fingerprint density at radius 1 is 1.39 bits per heavy atom. The van der Waals surface area contributed by atoms with Gasteiger partial charge in [-0.05, 0) is 25.2 Å². The molecule has 0 unspecified atom stereocenters. The molecule has 0 atom stereocenters. The minimum absolute atomic E-state index is 0.0314. The second-order valence-corrected chi connectivity index (χ2v) is 6.58. The number of rotatable bonds is 7. The van der Waals surface area contributed by atoms with Crippen LogP contribution < -0.4 is 0 Å². The summed E-state index contributed by atoms with van der Waals surface area (Å²) in [6.45, 7) is 2.83. The number of sulfonamides is 1. The van der Waals surface area contributed by atoms with Gasteiger partial charge in [0.05, 0.1) is 5.75 Å². The van der Waals surface area contributed by atoms with Gasteiger partial charge in [0.25, 0.3) is 0 Å². The van der Waals surface area contributed by atoms with Crippen molar-refractivity contribution in [3.8, 4) is 0 Å². The molecule has 0 aromatic rings. The molecule has 1 aliphatic rings. The Morgan fingerprint density at radius 3 is 2.50 bits per heavy atom. The molecule has 0 aromatic heterocycles. The lowest BCUT2D eigenvalue weighted by atomic mass is 10.0. The molecule has 0 radical (unpaired) electrons. The van der Waals surface area contributed by atoms with Crippen molar-refractivity contribution in [3.05, 3.63) is 0 Å². The summed E-state index contributed by atoms with van der Waals surface area (Å²) in [5.74, 6) is -1.00. The minimum Gasteiger partial charge on any atom is -0.480 e. The summed E-state index contributed by atoms with van der Waals surface area (Å²) in [5, 5.41) is 8.75. The maximum Gasteiger partial charge on any atom is 0.318 e. The standard InChI is InChI=1S/C11H21NO5S/c1-2-5-12(8-11(13)14)18(15,16)9-10-3-6-17-7-4-10/h10H,2-9H2,1H3,(H,13,14). The van der Waals surface area contributed by atoms with Gasteiger partial charge in [-0.25, -0.2) is 8.42 Å². The van der Waals surface area contributed by atoms with Crippen LogP contribution in [0.25, 0.3) is 0 Å². The summed E-state index contributed by atoms with van der Waals surface area (Å²) in [6.07, 6.45) is 2.07. The smallest absolute Gasteiger partial charge is 0.318 e. The SMILES string of the molecule is CCCN(CC(=O)O)S(=O)(=O)CC1CCOCC1. The summed E-state index contributed by atoms with van der Waals surface area (Å²) >= 11 is 0. The number of nitrogens with zero attached hydrogens (tertiary/aromatic N) is 1. The van der Waals surface area contributed by atoms with Gasteiger partial charge < -0.3 is 9.84 Å². The largest absolute Gasteiger partial charge is 0.480 e. The lowest BCUT2D eigenvalue weighted by molar-refractivity contribution is -0.137. The molecule has 0 aliphatic carbocycles. The normalized spacial score (nSPS) is 18.1. The van der Waals surface area contributed by atoms with Crippen LogP contribution >= 0.6 is 0 Å². The van der Waals surface area contributed by atoms with Gasteiger partial charge in [0.1, 0.15) is 6.54 Å². The Morgan fingerprint density at radius 2 is 2.00 bits per heavy atom. The maximum absolute atomic E-state index is 12.1. The van der Waals surface area contributed by atoms with Crippen LogP contribution in [-0.2, 0) is 19.6 Å². The van der Waals surface area contributed by atoms with Crippen LogP contribution in [0.2, 0.25) is 0 Å². The molecule has 1 fully saturated rings. The Kier molecular flexibility index (Phi) is 6.04. The molecule has 1 N–H and O–H groups in total. The average molecular weight is 279 g/mol. The molecule has 0 aromatic carbocycles. The van der Waals surface area contributed by atoms with Gasteiger partial charge in [-0.2, -0.15) is 4.31 Å². The molecule has 1 saturated heterocycles. The number of ether oxygens (including phenoxy) is 1. The van der Waals surface area contributed by atoms with Gasteiger partial charge in [0.2, 0.25) is 10.0 Å². The fourth-order valence-electron chi connectivity index (χ4n) is 2.03. The molecular weight excluding hydrogens is 258 g/mol. The molecule has 6 nitrogen and oxygen atoms in total.